The highest BCUT2D eigenvalue weighted by Crippen LogP contribution is 2.24. The third kappa shape index (κ3) is 3.17. The number of nitrogens with zero attached hydrogens (tertiary/aromatic N) is 1. The molecule has 0 amide bonds. The summed E-state index contributed by atoms with van der Waals surface area (Å²) in [4.78, 5) is 10.2. The first-order valence-electron chi connectivity index (χ1n) is 5.94. The summed E-state index contributed by atoms with van der Waals surface area (Å²) in [6.45, 7) is 0.292. The number of nitro groups is 1. The molecular formula is C14H14N2O4. The van der Waals surface area contributed by atoms with Gasteiger partial charge in [-0.15, -0.1) is 0 Å². The summed E-state index contributed by atoms with van der Waals surface area (Å²) in [6, 6.07) is 11.2. The fourth-order valence-electron chi connectivity index (χ4n) is 1.73. The number of ether oxygens (including phenoxy) is 1. The van der Waals surface area contributed by atoms with Gasteiger partial charge < -0.3 is 15.2 Å². The molecule has 6 nitrogen and oxygen atoms in total. The van der Waals surface area contributed by atoms with Crippen molar-refractivity contribution in [2.24, 2.45) is 0 Å². The van der Waals surface area contributed by atoms with Crippen LogP contribution in [0.3, 0.4) is 0 Å². The van der Waals surface area contributed by atoms with E-state index < -0.39 is 4.92 Å². The number of rotatable bonds is 5. The fourth-order valence-corrected chi connectivity index (χ4v) is 1.73. The molecule has 0 aliphatic carbocycles. The average molecular weight is 274 g/mol. The SMILES string of the molecule is COc1ccc(NCc2cc([N+](=O)[O-])ccc2O)cc1. The lowest BCUT2D eigenvalue weighted by atomic mass is 10.1. The molecule has 0 aliphatic heterocycles. The van der Waals surface area contributed by atoms with Crippen LogP contribution in [0.25, 0.3) is 0 Å². The van der Waals surface area contributed by atoms with Gasteiger partial charge in [-0.25, -0.2) is 0 Å². The maximum atomic E-state index is 10.7. The second kappa shape index (κ2) is 5.92. The smallest absolute Gasteiger partial charge is 0.270 e. The molecule has 0 fully saturated rings. The van der Waals surface area contributed by atoms with Crippen molar-refractivity contribution < 1.29 is 14.8 Å². The summed E-state index contributed by atoms with van der Waals surface area (Å²) in [5.41, 5.74) is 1.25. The van der Waals surface area contributed by atoms with E-state index in [1.807, 2.05) is 12.1 Å². The third-order valence-corrected chi connectivity index (χ3v) is 2.85. The van der Waals surface area contributed by atoms with Gasteiger partial charge in [0.15, 0.2) is 0 Å². The second-order valence-electron chi connectivity index (χ2n) is 4.15. The number of non-ortho nitro benzene ring substituents is 1. The Hall–Kier alpha value is -2.76. The standard InChI is InChI=1S/C14H14N2O4/c1-20-13-5-2-11(3-6-13)15-9-10-8-12(16(18)19)4-7-14(10)17/h2-8,15,17H,9H2,1H3. The predicted octanol–water partition coefficient (Wildman–Crippen LogP) is 2.92. The molecule has 104 valence electrons. The van der Waals surface area contributed by atoms with Crippen LogP contribution in [0.5, 0.6) is 11.5 Å². The number of methoxy groups -OCH3 is 1. The van der Waals surface area contributed by atoms with Gasteiger partial charge in [-0.1, -0.05) is 0 Å². The first-order chi connectivity index (χ1) is 9.60. The van der Waals surface area contributed by atoms with E-state index in [4.69, 9.17) is 4.74 Å². The van der Waals surface area contributed by atoms with E-state index in [1.165, 1.54) is 18.2 Å². The van der Waals surface area contributed by atoms with Gasteiger partial charge in [0.2, 0.25) is 0 Å². The highest BCUT2D eigenvalue weighted by Gasteiger charge is 2.10. The normalized spacial score (nSPS) is 10.1. The first kappa shape index (κ1) is 13.7. The van der Waals surface area contributed by atoms with Crippen LogP contribution < -0.4 is 10.1 Å². The molecule has 0 heterocycles. The minimum Gasteiger partial charge on any atom is -0.508 e. The van der Waals surface area contributed by atoms with Crippen molar-refractivity contribution in [3.63, 3.8) is 0 Å². The molecule has 20 heavy (non-hydrogen) atoms. The quantitative estimate of drug-likeness (QED) is 0.646. The molecule has 0 aliphatic rings. The van der Waals surface area contributed by atoms with Crippen molar-refractivity contribution in [3.8, 4) is 11.5 Å². The summed E-state index contributed by atoms with van der Waals surface area (Å²) in [5, 5.41) is 23.5. The maximum absolute atomic E-state index is 10.7. The molecule has 2 aromatic carbocycles. The van der Waals surface area contributed by atoms with Crippen LogP contribution >= 0.6 is 0 Å². The second-order valence-corrected chi connectivity index (χ2v) is 4.15. The van der Waals surface area contributed by atoms with Crippen LogP contribution in [0.15, 0.2) is 42.5 Å². The Morgan fingerprint density at radius 3 is 2.55 bits per heavy atom. The third-order valence-electron chi connectivity index (χ3n) is 2.85. The number of nitrogens with one attached hydrogen (secondary N) is 1. The Morgan fingerprint density at radius 2 is 1.95 bits per heavy atom. The zero-order valence-corrected chi connectivity index (χ0v) is 10.9. The van der Waals surface area contributed by atoms with Crippen LogP contribution in [0, 0.1) is 10.1 Å². The molecule has 0 unspecified atom stereocenters. The van der Waals surface area contributed by atoms with Gasteiger partial charge >= 0.3 is 0 Å². The number of hydrogen-bond donors (Lipinski definition) is 2. The summed E-state index contributed by atoms with van der Waals surface area (Å²) in [7, 11) is 1.59. The summed E-state index contributed by atoms with van der Waals surface area (Å²) >= 11 is 0. The molecule has 0 spiro atoms. The van der Waals surface area contributed by atoms with E-state index in [9.17, 15) is 15.2 Å². The van der Waals surface area contributed by atoms with Gasteiger partial charge in [0.05, 0.1) is 12.0 Å². The number of phenols is 1. The lowest BCUT2D eigenvalue weighted by Crippen LogP contribution is -2.00. The Kier molecular flexibility index (Phi) is 4.05. The zero-order chi connectivity index (χ0) is 14.5. The van der Waals surface area contributed by atoms with Crippen LogP contribution in [-0.4, -0.2) is 17.1 Å². The van der Waals surface area contributed by atoms with Crippen molar-refractivity contribution in [2.45, 2.75) is 6.54 Å². The topological polar surface area (TPSA) is 84.6 Å². The Bertz CT molecular complexity index is 611. The fraction of sp³-hybridized carbons (Fsp3) is 0.143. The lowest BCUT2D eigenvalue weighted by molar-refractivity contribution is -0.384. The number of anilines is 1. The number of benzene rings is 2. The van der Waals surface area contributed by atoms with Crippen molar-refractivity contribution in [1.82, 2.24) is 0 Å². The monoisotopic (exact) mass is 274 g/mol. The van der Waals surface area contributed by atoms with Gasteiger partial charge in [0, 0.05) is 29.9 Å². The maximum Gasteiger partial charge on any atom is 0.270 e. The van der Waals surface area contributed by atoms with Gasteiger partial charge in [-0.3, -0.25) is 10.1 Å². The van der Waals surface area contributed by atoms with Crippen LogP contribution in [-0.2, 0) is 6.54 Å². The van der Waals surface area contributed by atoms with E-state index >= 15 is 0 Å². The van der Waals surface area contributed by atoms with E-state index in [0.29, 0.717) is 12.1 Å². The first-order valence-corrected chi connectivity index (χ1v) is 5.94. The van der Waals surface area contributed by atoms with E-state index in [2.05, 4.69) is 5.32 Å². The molecule has 6 heteroatoms. The Balaban J connectivity index is 2.09. The molecule has 0 saturated carbocycles. The number of hydrogen-bond acceptors (Lipinski definition) is 5. The number of phenolic OH excluding ortho intramolecular Hbond substituents is 1. The van der Waals surface area contributed by atoms with E-state index in [-0.39, 0.29) is 11.4 Å². The summed E-state index contributed by atoms with van der Waals surface area (Å²) in [5.74, 6) is 0.769. The lowest BCUT2D eigenvalue weighted by Gasteiger charge is -2.08. The zero-order valence-electron chi connectivity index (χ0n) is 10.9. The van der Waals surface area contributed by atoms with Crippen molar-refractivity contribution in [2.75, 3.05) is 12.4 Å². The summed E-state index contributed by atoms with van der Waals surface area (Å²) in [6.07, 6.45) is 0. The molecule has 2 rings (SSSR count). The van der Waals surface area contributed by atoms with Crippen LogP contribution in [0.4, 0.5) is 11.4 Å². The minimum absolute atomic E-state index is 0.0246. The highest BCUT2D eigenvalue weighted by molar-refractivity contribution is 5.49. The molecule has 2 N–H and O–H groups in total. The van der Waals surface area contributed by atoms with Crippen molar-refractivity contribution in [1.29, 1.82) is 0 Å². The molecule has 0 saturated heterocycles. The van der Waals surface area contributed by atoms with Crippen LogP contribution in [0.1, 0.15) is 5.56 Å². The molecule has 0 bridgehead atoms. The Morgan fingerprint density at radius 1 is 1.25 bits per heavy atom. The molecule has 0 radical (unpaired) electrons. The minimum atomic E-state index is -0.490. The number of nitro benzene ring substituents is 1. The van der Waals surface area contributed by atoms with Crippen LogP contribution in [0.2, 0.25) is 0 Å². The molecule has 0 atom stereocenters. The highest BCUT2D eigenvalue weighted by atomic mass is 16.6. The van der Waals surface area contributed by atoms with E-state index in [1.54, 1.807) is 19.2 Å². The molecule has 2 aromatic rings. The molecular weight excluding hydrogens is 260 g/mol. The van der Waals surface area contributed by atoms with Crippen molar-refractivity contribution >= 4 is 11.4 Å². The van der Waals surface area contributed by atoms with Gasteiger partial charge in [0.25, 0.3) is 5.69 Å². The van der Waals surface area contributed by atoms with Gasteiger partial charge in [-0.2, -0.15) is 0 Å². The number of aromatic hydroxyl groups is 1. The largest absolute Gasteiger partial charge is 0.508 e. The molecule has 0 aromatic heterocycles. The average Bonchev–Trinajstić information content (AvgIpc) is 2.46. The Labute approximate surface area is 115 Å². The predicted molar refractivity (Wildman–Crippen MR) is 75.1 cm³/mol. The van der Waals surface area contributed by atoms with Gasteiger partial charge in [-0.05, 0) is 30.3 Å². The van der Waals surface area contributed by atoms with Crippen molar-refractivity contribution in [3.05, 3.63) is 58.1 Å². The van der Waals surface area contributed by atoms with Gasteiger partial charge in [0.1, 0.15) is 11.5 Å². The van der Waals surface area contributed by atoms with E-state index in [0.717, 1.165) is 11.4 Å². The summed E-state index contributed by atoms with van der Waals surface area (Å²) < 4.78 is 5.05.